The number of nitrogens with one attached hydrogen (secondary N) is 3. The minimum atomic E-state index is -0.646. The van der Waals surface area contributed by atoms with Crippen LogP contribution in [0.1, 0.15) is 10.5 Å². The number of anilines is 2. The number of carbonyl (C=O) groups excluding carboxylic acids is 2. The summed E-state index contributed by atoms with van der Waals surface area (Å²) in [5, 5.41) is 2.99. The third kappa shape index (κ3) is 6.19. The first-order chi connectivity index (χ1) is 15.4. The van der Waals surface area contributed by atoms with E-state index in [4.69, 9.17) is 32.7 Å². The van der Waals surface area contributed by atoms with E-state index in [1.807, 2.05) is 0 Å². The smallest absolute Gasteiger partial charge is 0.276 e. The lowest BCUT2D eigenvalue weighted by Crippen LogP contribution is -2.34. The van der Waals surface area contributed by atoms with Crippen LogP contribution in [0.15, 0.2) is 48.7 Å². The summed E-state index contributed by atoms with van der Waals surface area (Å²) in [5.74, 6) is -1.02. The highest BCUT2D eigenvalue weighted by molar-refractivity contribution is 6.34. The summed E-state index contributed by atoms with van der Waals surface area (Å²) in [6, 6.07) is 9.90. The summed E-state index contributed by atoms with van der Waals surface area (Å²) in [7, 11) is 1.45. The van der Waals surface area contributed by atoms with E-state index in [-0.39, 0.29) is 23.3 Å². The molecule has 3 rings (SSSR count). The quantitative estimate of drug-likeness (QED) is 0.421. The fraction of sp³-hybridized carbons (Fsp3) is 0.100. The topological polar surface area (TPSA) is 114 Å². The highest BCUT2D eigenvalue weighted by Crippen LogP contribution is 2.28. The maximum Gasteiger partial charge on any atom is 0.276 e. The number of ether oxygens (including phenoxy) is 2. The molecule has 0 spiro atoms. The summed E-state index contributed by atoms with van der Waals surface area (Å²) >= 11 is 12.0. The molecule has 0 aliphatic rings. The third-order valence-electron chi connectivity index (χ3n) is 3.87. The Labute approximate surface area is 191 Å². The zero-order chi connectivity index (χ0) is 23.1. The molecule has 166 valence electrons. The number of rotatable bonds is 8. The number of aromatic nitrogens is 2. The van der Waals surface area contributed by atoms with Crippen LogP contribution in [0.3, 0.4) is 0 Å². The van der Waals surface area contributed by atoms with E-state index in [2.05, 4.69) is 26.1 Å². The van der Waals surface area contributed by atoms with Gasteiger partial charge in [-0.1, -0.05) is 23.2 Å². The first-order valence-corrected chi connectivity index (χ1v) is 9.72. The average molecular weight is 480 g/mol. The van der Waals surface area contributed by atoms with Gasteiger partial charge in [0.15, 0.2) is 12.3 Å². The zero-order valence-corrected chi connectivity index (χ0v) is 18.0. The van der Waals surface area contributed by atoms with Crippen molar-refractivity contribution >= 4 is 46.7 Å². The molecule has 0 unspecified atom stereocenters. The number of hydrazine groups is 1. The molecule has 3 aromatic rings. The second kappa shape index (κ2) is 10.6. The molecule has 2 amide bonds. The number of benzene rings is 2. The van der Waals surface area contributed by atoms with Gasteiger partial charge in [0.25, 0.3) is 11.8 Å². The molecule has 1 heterocycles. The average Bonchev–Trinajstić information content (AvgIpc) is 2.78. The van der Waals surface area contributed by atoms with Gasteiger partial charge in [-0.2, -0.15) is 0 Å². The van der Waals surface area contributed by atoms with Gasteiger partial charge in [-0.15, -0.1) is 0 Å². The summed E-state index contributed by atoms with van der Waals surface area (Å²) in [5.41, 5.74) is 4.95. The Bertz CT molecular complexity index is 1130. The molecular weight excluding hydrogens is 464 g/mol. The summed E-state index contributed by atoms with van der Waals surface area (Å²) in [6.45, 7) is -0.353. The van der Waals surface area contributed by atoms with Crippen molar-refractivity contribution in [2.75, 3.05) is 24.5 Å². The van der Waals surface area contributed by atoms with Gasteiger partial charge in [0.2, 0.25) is 5.95 Å². The Kier molecular flexibility index (Phi) is 7.63. The number of halogens is 3. The predicted molar refractivity (Wildman–Crippen MR) is 117 cm³/mol. The van der Waals surface area contributed by atoms with E-state index >= 15 is 0 Å². The number of hydrogen-bond donors (Lipinski definition) is 3. The maximum absolute atomic E-state index is 12.9. The Balaban J connectivity index is 1.61. The minimum Gasteiger partial charge on any atom is -0.495 e. The van der Waals surface area contributed by atoms with Crippen molar-refractivity contribution in [3.8, 4) is 11.5 Å². The molecular formula is C20H16Cl2FN5O4. The number of nitrogens with zero attached hydrogens (tertiary/aromatic N) is 2. The van der Waals surface area contributed by atoms with Gasteiger partial charge in [-0.25, -0.2) is 14.4 Å². The van der Waals surface area contributed by atoms with Crippen molar-refractivity contribution in [2.24, 2.45) is 0 Å². The number of hydrogen-bond acceptors (Lipinski definition) is 7. The molecule has 0 atom stereocenters. The van der Waals surface area contributed by atoms with E-state index in [0.29, 0.717) is 22.2 Å². The standard InChI is InChI=1S/C20H16Cl2FN5O4/c1-31-16-7-2-11(21)8-15(16)25-19(30)18-14(22)9-24-20(26-18)28-27-17(29)10-32-13-5-3-12(23)4-6-13/h2-9H,10H2,1H3,(H,25,30)(H,27,29)(H,24,26,28). The third-order valence-corrected chi connectivity index (χ3v) is 4.38. The van der Waals surface area contributed by atoms with Crippen LogP contribution >= 0.6 is 23.2 Å². The highest BCUT2D eigenvalue weighted by Gasteiger charge is 2.17. The van der Waals surface area contributed by atoms with E-state index in [0.717, 1.165) is 0 Å². The molecule has 32 heavy (non-hydrogen) atoms. The predicted octanol–water partition coefficient (Wildman–Crippen LogP) is 3.71. The van der Waals surface area contributed by atoms with Crippen molar-refractivity contribution < 1.29 is 23.5 Å². The first kappa shape index (κ1) is 23.0. The normalized spacial score (nSPS) is 10.2. The lowest BCUT2D eigenvalue weighted by molar-refractivity contribution is -0.122. The highest BCUT2D eigenvalue weighted by atomic mass is 35.5. The summed E-state index contributed by atoms with van der Waals surface area (Å²) in [4.78, 5) is 32.5. The molecule has 0 saturated carbocycles. The lowest BCUT2D eigenvalue weighted by atomic mass is 10.2. The Hall–Kier alpha value is -3.63. The second-order valence-corrected chi connectivity index (χ2v) is 6.95. The van der Waals surface area contributed by atoms with Crippen LogP contribution in [0.5, 0.6) is 11.5 Å². The van der Waals surface area contributed by atoms with Crippen molar-refractivity contribution in [1.82, 2.24) is 15.4 Å². The number of carbonyl (C=O) groups is 2. The molecule has 1 aromatic heterocycles. The van der Waals surface area contributed by atoms with Gasteiger partial charge in [-0.05, 0) is 42.5 Å². The van der Waals surface area contributed by atoms with E-state index in [1.165, 1.54) is 43.6 Å². The van der Waals surface area contributed by atoms with Crippen LogP contribution in [-0.2, 0) is 4.79 Å². The molecule has 2 aromatic carbocycles. The first-order valence-electron chi connectivity index (χ1n) is 8.96. The van der Waals surface area contributed by atoms with Gasteiger partial charge >= 0.3 is 0 Å². The van der Waals surface area contributed by atoms with Gasteiger partial charge < -0.3 is 14.8 Å². The van der Waals surface area contributed by atoms with Gasteiger partial charge in [0.1, 0.15) is 17.3 Å². The monoisotopic (exact) mass is 479 g/mol. The number of amides is 2. The van der Waals surface area contributed by atoms with Crippen molar-refractivity contribution in [2.45, 2.75) is 0 Å². The van der Waals surface area contributed by atoms with Crippen LogP contribution in [0, 0.1) is 5.82 Å². The Morgan fingerprint density at radius 1 is 1.12 bits per heavy atom. The van der Waals surface area contributed by atoms with E-state index < -0.39 is 17.6 Å². The van der Waals surface area contributed by atoms with Crippen molar-refractivity contribution in [3.05, 3.63) is 70.2 Å². The maximum atomic E-state index is 12.9. The van der Waals surface area contributed by atoms with Crippen LogP contribution in [-0.4, -0.2) is 35.5 Å². The van der Waals surface area contributed by atoms with Crippen LogP contribution < -0.4 is 25.6 Å². The number of methoxy groups -OCH3 is 1. The molecule has 9 nitrogen and oxygen atoms in total. The zero-order valence-electron chi connectivity index (χ0n) is 16.5. The molecule has 3 N–H and O–H groups in total. The minimum absolute atomic E-state index is 0.0139. The molecule has 0 aliphatic carbocycles. The van der Waals surface area contributed by atoms with Crippen LogP contribution in [0.25, 0.3) is 0 Å². The molecule has 0 fully saturated rings. The van der Waals surface area contributed by atoms with E-state index in [1.54, 1.807) is 12.1 Å². The molecule has 0 aliphatic heterocycles. The molecule has 0 radical (unpaired) electrons. The van der Waals surface area contributed by atoms with Crippen molar-refractivity contribution in [3.63, 3.8) is 0 Å². The van der Waals surface area contributed by atoms with Crippen molar-refractivity contribution in [1.29, 1.82) is 0 Å². The fourth-order valence-corrected chi connectivity index (χ4v) is 2.74. The Morgan fingerprint density at radius 3 is 2.59 bits per heavy atom. The summed E-state index contributed by atoms with van der Waals surface area (Å²) < 4.78 is 23.3. The van der Waals surface area contributed by atoms with Gasteiger partial charge in [0, 0.05) is 5.02 Å². The van der Waals surface area contributed by atoms with Gasteiger partial charge in [0.05, 0.1) is 24.0 Å². The molecule has 0 bridgehead atoms. The van der Waals surface area contributed by atoms with Crippen LogP contribution in [0.4, 0.5) is 16.0 Å². The van der Waals surface area contributed by atoms with Crippen LogP contribution in [0.2, 0.25) is 10.0 Å². The van der Waals surface area contributed by atoms with E-state index in [9.17, 15) is 14.0 Å². The second-order valence-electron chi connectivity index (χ2n) is 6.10. The largest absolute Gasteiger partial charge is 0.495 e. The SMILES string of the molecule is COc1ccc(Cl)cc1NC(=O)c1nc(NNC(=O)COc2ccc(F)cc2)ncc1Cl. The molecule has 12 heteroatoms. The molecule has 0 saturated heterocycles. The Morgan fingerprint density at radius 2 is 1.88 bits per heavy atom. The fourth-order valence-electron chi connectivity index (χ4n) is 2.39. The summed E-state index contributed by atoms with van der Waals surface area (Å²) in [6.07, 6.45) is 1.20. The van der Waals surface area contributed by atoms with Gasteiger partial charge in [-0.3, -0.25) is 20.4 Å². The lowest BCUT2D eigenvalue weighted by Gasteiger charge is -2.12.